The molecule has 0 saturated heterocycles. The van der Waals surface area contributed by atoms with Gasteiger partial charge in [-0.25, -0.2) is 13.4 Å². The Morgan fingerprint density at radius 2 is 2.14 bits per heavy atom. The first-order valence-corrected chi connectivity index (χ1v) is 8.89. The molecule has 1 aliphatic heterocycles. The lowest BCUT2D eigenvalue weighted by Gasteiger charge is -2.27. The molecule has 22 heavy (non-hydrogen) atoms. The van der Waals surface area contributed by atoms with Gasteiger partial charge in [0.05, 0.1) is 17.1 Å². The first kappa shape index (κ1) is 15.3. The molecule has 6 nitrogen and oxygen atoms in total. The molecule has 0 aliphatic carbocycles. The van der Waals surface area contributed by atoms with E-state index < -0.39 is 10.0 Å². The summed E-state index contributed by atoms with van der Waals surface area (Å²) in [5.74, 6) is 0. The summed E-state index contributed by atoms with van der Waals surface area (Å²) in [6.45, 7) is 1.40. The third-order valence-electron chi connectivity index (χ3n) is 3.76. The Hall–Kier alpha value is -1.62. The molecule has 0 spiro atoms. The molecule has 0 radical (unpaired) electrons. The maximum Gasteiger partial charge on any atom is 0.277 e. The summed E-state index contributed by atoms with van der Waals surface area (Å²) in [4.78, 5) is 4.26. The lowest BCUT2D eigenvalue weighted by atomic mass is 10.2. The predicted octanol–water partition coefficient (Wildman–Crippen LogP) is 2.39. The largest absolute Gasteiger partial charge is 0.312 e. The topological polar surface area (TPSA) is 79.0 Å². The van der Waals surface area contributed by atoms with Gasteiger partial charge >= 0.3 is 0 Å². The van der Waals surface area contributed by atoms with Gasteiger partial charge < -0.3 is 4.57 Å². The van der Waals surface area contributed by atoms with Gasteiger partial charge in [0.25, 0.3) is 10.0 Å². The third kappa shape index (κ3) is 2.58. The molecule has 2 aromatic rings. The van der Waals surface area contributed by atoms with Crippen LogP contribution in [-0.2, 0) is 16.6 Å². The van der Waals surface area contributed by atoms with E-state index in [1.54, 1.807) is 22.8 Å². The van der Waals surface area contributed by atoms with E-state index in [0.717, 1.165) is 5.52 Å². The summed E-state index contributed by atoms with van der Waals surface area (Å²) in [7, 11) is -3.59. The zero-order chi connectivity index (χ0) is 15.7. The molecule has 0 saturated carbocycles. The lowest BCUT2D eigenvalue weighted by molar-refractivity contribution is 0.350. The predicted molar refractivity (Wildman–Crippen MR) is 83.0 cm³/mol. The van der Waals surface area contributed by atoms with Crippen molar-refractivity contribution in [2.75, 3.05) is 13.1 Å². The number of benzene rings is 1. The molecule has 1 aromatic carbocycles. The van der Waals surface area contributed by atoms with Crippen LogP contribution in [-0.4, -0.2) is 35.4 Å². The van der Waals surface area contributed by atoms with Crippen LogP contribution in [0.1, 0.15) is 19.3 Å². The third-order valence-corrected chi connectivity index (χ3v) is 5.82. The Balaban J connectivity index is 1.92. The molecule has 0 unspecified atom stereocenters. The molecule has 0 amide bonds. The minimum absolute atomic E-state index is 0.0799. The Morgan fingerprint density at radius 1 is 1.32 bits per heavy atom. The molecule has 0 bridgehead atoms. The summed E-state index contributed by atoms with van der Waals surface area (Å²) < 4.78 is 28.5. The van der Waals surface area contributed by atoms with Crippen LogP contribution in [0.15, 0.2) is 23.4 Å². The summed E-state index contributed by atoms with van der Waals surface area (Å²) in [5, 5.41) is 9.17. The zero-order valence-electron chi connectivity index (χ0n) is 11.9. The molecule has 1 aliphatic rings. The van der Waals surface area contributed by atoms with E-state index in [9.17, 15) is 8.42 Å². The van der Waals surface area contributed by atoms with Gasteiger partial charge in [-0.3, -0.25) is 0 Å². The van der Waals surface area contributed by atoms with E-state index in [4.69, 9.17) is 16.9 Å². The molecule has 0 atom stereocenters. The monoisotopic (exact) mass is 338 g/mol. The Labute approximate surface area is 134 Å². The van der Waals surface area contributed by atoms with Crippen LogP contribution in [0.5, 0.6) is 0 Å². The molecule has 0 N–H and O–H groups in total. The van der Waals surface area contributed by atoms with Gasteiger partial charge in [0, 0.05) is 31.1 Å². The SMILES string of the molecule is N#CCCCCN1CCn2c(nc3ccc(Cl)cc32)S1(=O)=O. The number of hydrogen-bond donors (Lipinski definition) is 0. The highest BCUT2D eigenvalue weighted by atomic mass is 35.5. The second-order valence-electron chi connectivity index (χ2n) is 5.20. The zero-order valence-corrected chi connectivity index (χ0v) is 13.4. The highest BCUT2D eigenvalue weighted by Gasteiger charge is 2.34. The van der Waals surface area contributed by atoms with Gasteiger partial charge in [0.2, 0.25) is 5.16 Å². The fourth-order valence-electron chi connectivity index (χ4n) is 2.66. The van der Waals surface area contributed by atoms with E-state index in [1.807, 2.05) is 0 Å². The van der Waals surface area contributed by atoms with Crippen LogP contribution >= 0.6 is 11.6 Å². The van der Waals surface area contributed by atoms with Gasteiger partial charge in [-0.15, -0.1) is 0 Å². The summed E-state index contributed by atoms with van der Waals surface area (Å²) in [6.07, 6.45) is 1.83. The smallest absolute Gasteiger partial charge is 0.277 e. The van der Waals surface area contributed by atoms with Crippen LogP contribution in [0.4, 0.5) is 0 Å². The van der Waals surface area contributed by atoms with Crippen LogP contribution in [0.3, 0.4) is 0 Å². The van der Waals surface area contributed by atoms with Crippen molar-refractivity contribution in [1.82, 2.24) is 13.9 Å². The van der Waals surface area contributed by atoms with E-state index in [-0.39, 0.29) is 5.16 Å². The number of sulfonamides is 1. The fraction of sp³-hybridized carbons (Fsp3) is 0.429. The van der Waals surface area contributed by atoms with Crippen molar-refractivity contribution in [2.24, 2.45) is 0 Å². The van der Waals surface area contributed by atoms with Crippen molar-refractivity contribution in [1.29, 1.82) is 5.26 Å². The molecule has 8 heteroatoms. The van der Waals surface area contributed by atoms with Crippen molar-refractivity contribution in [3.8, 4) is 6.07 Å². The molecule has 116 valence electrons. The Bertz CT molecular complexity index is 854. The van der Waals surface area contributed by atoms with Crippen LogP contribution in [0.25, 0.3) is 11.0 Å². The first-order valence-electron chi connectivity index (χ1n) is 7.07. The first-order chi connectivity index (χ1) is 10.5. The number of nitriles is 1. The van der Waals surface area contributed by atoms with Crippen LogP contribution < -0.4 is 0 Å². The van der Waals surface area contributed by atoms with Gasteiger partial charge in [-0.1, -0.05) is 11.6 Å². The summed E-state index contributed by atoms with van der Waals surface area (Å²) >= 11 is 5.99. The maximum absolute atomic E-state index is 12.7. The van der Waals surface area contributed by atoms with Gasteiger partial charge in [-0.05, 0) is 31.0 Å². The summed E-state index contributed by atoms with van der Waals surface area (Å²) in [6, 6.07) is 7.24. The average molecular weight is 339 g/mol. The van der Waals surface area contributed by atoms with E-state index in [0.29, 0.717) is 49.4 Å². The standard InChI is InChI=1S/C14H15ClN4O2S/c15-11-4-5-12-13(10-11)19-9-8-18(7-3-1-2-6-16)22(20,21)14(19)17-12/h4-5,10H,1-3,7-9H2. The Kier molecular flexibility index (Phi) is 4.08. The van der Waals surface area contributed by atoms with E-state index in [2.05, 4.69) is 11.1 Å². The minimum atomic E-state index is -3.59. The second kappa shape index (κ2) is 5.88. The number of fused-ring (bicyclic) bond motifs is 3. The number of halogens is 1. The number of imidazole rings is 1. The number of rotatable bonds is 4. The van der Waals surface area contributed by atoms with Crippen molar-refractivity contribution < 1.29 is 8.42 Å². The van der Waals surface area contributed by atoms with Crippen LogP contribution in [0.2, 0.25) is 5.02 Å². The Morgan fingerprint density at radius 3 is 2.91 bits per heavy atom. The van der Waals surface area contributed by atoms with Crippen molar-refractivity contribution in [3.63, 3.8) is 0 Å². The number of hydrogen-bond acceptors (Lipinski definition) is 4. The van der Waals surface area contributed by atoms with Crippen LogP contribution in [0, 0.1) is 11.3 Å². The highest BCUT2D eigenvalue weighted by Crippen LogP contribution is 2.28. The number of aromatic nitrogens is 2. The van der Waals surface area contributed by atoms with Crippen molar-refractivity contribution in [3.05, 3.63) is 23.2 Å². The quantitative estimate of drug-likeness (QED) is 0.802. The maximum atomic E-state index is 12.7. The van der Waals surface area contributed by atoms with Gasteiger partial charge in [0.15, 0.2) is 0 Å². The van der Waals surface area contributed by atoms with Gasteiger partial charge in [0.1, 0.15) is 0 Å². The number of nitrogens with zero attached hydrogens (tertiary/aromatic N) is 4. The average Bonchev–Trinajstić information content (AvgIpc) is 2.85. The molecule has 2 heterocycles. The molecule has 0 fully saturated rings. The molecule has 1 aromatic heterocycles. The molecule has 3 rings (SSSR count). The fourth-order valence-corrected chi connectivity index (χ4v) is 4.43. The van der Waals surface area contributed by atoms with E-state index in [1.165, 1.54) is 4.31 Å². The second-order valence-corrected chi connectivity index (χ2v) is 7.47. The van der Waals surface area contributed by atoms with Gasteiger partial charge in [-0.2, -0.15) is 9.57 Å². The lowest BCUT2D eigenvalue weighted by Crippen LogP contribution is -2.40. The normalized spacial score (nSPS) is 17.3. The molecular weight excluding hydrogens is 324 g/mol. The summed E-state index contributed by atoms with van der Waals surface area (Å²) in [5.41, 5.74) is 1.38. The number of unbranched alkanes of at least 4 members (excludes halogenated alkanes) is 2. The minimum Gasteiger partial charge on any atom is -0.312 e. The van der Waals surface area contributed by atoms with Crippen molar-refractivity contribution >= 4 is 32.7 Å². The highest BCUT2D eigenvalue weighted by molar-refractivity contribution is 7.89. The molecular formula is C14H15ClN4O2S. The van der Waals surface area contributed by atoms with Crippen molar-refractivity contribution in [2.45, 2.75) is 31.0 Å². The van der Waals surface area contributed by atoms with E-state index >= 15 is 0 Å².